The van der Waals surface area contributed by atoms with Crippen LogP contribution in [0.25, 0.3) is 11.3 Å². The van der Waals surface area contributed by atoms with Gasteiger partial charge in [0, 0.05) is 31.9 Å². The van der Waals surface area contributed by atoms with Gasteiger partial charge < -0.3 is 9.64 Å². The molecule has 3 aromatic rings. The van der Waals surface area contributed by atoms with Crippen molar-refractivity contribution in [2.24, 2.45) is 7.05 Å². The highest BCUT2D eigenvalue weighted by molar-refractivity contribution is 5.94. The first kappa shape index (κ1) is 16.3. The van der Waals surface area contributed by atoms with Gasteiger partial charge in [0.2, 0.25) is 0 Å². The highest BCUT2D eigenvalue weighted by Crippen LogP contribution is 2.26. The average Bonchev–Trinajstić information content (AvgIpc) is 3.41. The van der Waals surface area contributed by atoms with Crippen LogP contribution in [0.1, 0.15) is 23.0 Å². The number of likely N-dealkylation sites (tertiary alicyclic amines) is 1. The molecular weight excluding hydrogens is 332 g/mol. The summed E-state index contributed by atoms with van der Waals surface area (Å²) in [5, 5.41) is 12.4. The van der Waals surface area contributed by atoms with Crippen molar-refractivity contribution in [2.75, 3.05) is 20.2 Å². The van der Waals surface area contributed by atoms with E-state index in [0.29, 0.717) is 18.8 Å². The van der Waals surface area contributed by atoms with Crippen molar-refractivity contribution in [3.8, 4) is 17.0 Å². The van der Waals surface area contributed by atoms with Crippen molar-refractivity contribution in [3.63, 3.8) is 0 Å². The molecule has 1 aromatic carbocycles. The smallest absolute Gasteiger partial charge is 0.272 e. The van der Waals surface area contributed by atoms with Crippen LogP contribution in [0.3, 0.4) is 0 Å². The van der Waals surface area contributed by atoms with E-state index in [2.05, 4.69) is 15.4 Å². The van der Waals surface area contributed by atoms with E-state index in [4.69, 9.17) is 4.74 Å². The van der Waals surface area contributed by atoms with Crippen molar-refractivity contribution in [2.45, 2.75) is 12.5 Å². The fourth-order valence-electron chi connectivity index (χ4n) is 3.31. The topological polar surface area (TPSA) is 78.1 Å². The molecule has 1 amide bonds. The Morgan fingerprint density at radius 2 is 2.19 bits per heavy atom. The molecule has 0 saturated carbocycles. The number of ether oxygens (including phenoxy) is 1. The van der Waals surface area contributed by atoms with Gasteiger partial charge in [-0.05, 0) is 24.6 Å². The maximum absolute atomic E-state index is 12.9. The largest absolute Gasteiger partial charge is 0.497 e. The standard InChI is InChI=1S/C18H20N6O2/c1-22-17(11-16(20-22)13-4-3-5-15(10-13)26-2)18(25)23-8-6-14(12-23)24-9-7-19-21-24/h3-5,7,9-11,14H,6,8,12H2,1-2H3. The molecule has 1 fully saturated rings. The lowest BCUT2D eigenvalue weighted by molar-refractivity contribution is 0.0776. The summed E-state index contributed by atoms with van der Waals surface area (Å²) in [4.78, 5) is 14.8. The van der Waals surface area contributed by atoms with E-state index >= 15 is 0 Å². The Morgan fingerprint density at radius 3 is 2.96 bits per heavy atom. The Balaban J connectivity index is 1.54. The van der Waals surface area contributed by atoms with Gasteiger partial charge in [-0.25, -0.2) is 4.68 Å². The van der Waals surface area contributed by atoms with E-state index in [9.17, 15) is 4.79 Å². The summed E-state index contributed by atoms with van der Waals surface area (Å²) in [7, 11) is 3.42. The molecule has 0 bridgehead atoms. The van der Waals surface area contributed by atoms with Crippen molar-refractivity contribution in [1.29, 1.82) is 0 Å². The average molecular weight is 352 g/mol. The summed E-state index contributed by atoms with van der Waals surface area (Å²) in [6.45, 7) is 1.32. The van der Waals surface area contributed by atoms with E-state index in [1.807, 2.05) is 46.1 Å². The SMILES string of the molecule is COc1cccc(-c2cc(C(=O)N3CCC(n4ccnn4)C3)n(C)n2)c1. The zero-order valence-corrected chi connectivity index (χ0v) is 14.7. The normalized spacial score (nSPS) is 16.8. The number of benzene rings is 1. The van der Waals surface area contributed by atoms with Crippen LogP contribution in [0, 0.1) is 0 Å². The van der Waals surface area contributed by atoms with Crippen molar-refractivity contribution in [1.82, 2.24) is 29.7 Å². The molecule has 1 saturated heterocycles. The lowest BCUT2D eigenvalue weighted by atomic mass is 10.1. The highest BCUT2D eigenvalue weighted by Gasteiger charge is 2.30. The predicted octanol–water partition coefficient (Wildman–Crippen LogP) is 1.77. The minimum absolute atomic E-state index is 0.0169. The van der Waals surface area contributed by atoms with Crippen LogP contribution in [-0.2, 0) is 7.05 Å². The second-order valence-corrected chi connectivity index (χ2v) is 6.35. The van der Waals surface area contributed by atoms with Crippen LogP contribution in [0.2, 0.25) is 0 Å². The highest BCUT2D eigenvalue weighted by atomic mass is 16.5. The summed E-state index contributed by atoms with van der Waals surface area (Å²) in [5.74, 6) is 0.744. The molecule has 1 atom stereocenters. The molecular formula is C18H20N6O2. The molecule has 26 heavy (non-hydrogen) atoms. The fraction of sp³-hybridized carbons (Fsp3) is 0.333. The maximum atomic E-state index is 12.9. The quantitative estimate of drug-likeness (QED) is 0.715. The van der Waals surface area contributed by atoms with Gasteiger partial charge in [0.05, 0.1) is 25.0 Å². The maximum Gasteiger partial charge on any atom is 0.272 e. The molecule has 8 heteroatoms. The molecule has 1 aliphatic heterocycles. The van der Waals surface area contributed by atoms with Crippen molar-refractivity contribution < 1.29 is 9.53 Å². The van der Waals surface area contributed by atoms with Crippen LogP contribution in [0.4, 0.5) is 0 Å². The summed E-state index contributed by atoms with van der Waals surface area (Å²) >= 11 is 0. The minimum Gasteiger partial charge on any atom is -0.497 e. The number of carbonyl (C=O) groups excluding carboxylic acids is 1. The Kier molecular flexibility index (Phi) is 4.16. The van der Waals surface area contributed by atoms with Gasteiger partial charge in [-0.2, -0.15) is 5.10 Å². The first-order chi connectivity index (χ1) is 12.7. The molecule has 4 rings (SSSR count). The molecule has 2 aromatic heterocycles. The number of aromatic nitrogens is 5. The van der Waals surface area contributed by atoms with E-state index in [0.717, 1.165) is 23.4 Å². The third-order valence-corrected chi connectivity index (χ3v) is 4.73. The molecule has 1 aliphatic rings. The molecule has 3 heterocycles. The molecule has 0 aliphatic carbocycles. The Bertz CT molecular complexity index is 918. The number of rotatable bonds is 4. The van der Waals surface area contributed by atoms with Crippen LogP contribution < -0.4 is 4.74 Å². The van der Waals surface area contributed by atoms with E-state index < -0.39 is 0 Å². The van der Waals surface area contributed by atoms with Gasteiger partial charge in [-0.15, -0.1) is 5.10 Å². The summed E-state index contributed by atoms with van der Waals surface area (Å²) in [6, 6.07) is 9.66. The predicted molar refractivity (Wildman–Crippen MR) is 94.8 cm³/mol. The molecule has 0 radical (unpaired) electrons. The van der Waals surface area contributed by atoms with Gasteiger partial charge in [0.1, 0.15) is 11.4 Å². The zero-order chi connectivity index (χ0) is 18.1. The van der Waals surface area contributed by atoms with Crippen molar-refractivity contribution >= 4 is 5.91 Å². The van der Waals surface area contributed by atoms with Gasteiger partial charge in [-0.3, -0.25) is 9.48 Å². The second kappa shape index (κ2) is 6.62. The number of hydrogen-bond donors (Lipinski definition) is 0. The van der Waals surface area contributed by atoms with Crippen LogP contribution in [0.5, 0.6) is 5.75 Å². The summed E-state index contributed by atoms with van der Waals surface area (Å²) < 4.78 is 8.72. The van der Waals surface area contributed by atoms with E-state index in [1.165, 1.54) is 0 Å². The number of methoxy groups -OCH3 is 1. The molecule has 1 unspecified atom stereocenters. The van der Waals surface area contributed by atoms with Crippen LogP contribution in [0.15, 0.2) is 42.7 Å². The summed E-state index contributed by atoms with van der Waals surface area (Å²) in [5.41, 5.74) is 2.24. The lowest BCUT2D eigenvalue weighted by Crippen LogP contribution is -2.30. The second-order valence-electron chi connectivity index (χ2n) is 6.35. The van der Waals surface area contributed by atoms with Crippen molar-refractivity contribution in [3.05, 3.63) is 48.4 Å². The number of hydrogen-bond acceptors (Lipinski definition) is 5. The first-order valence-corrected chi connectivity index (χ1v) is 8.49. The summed E-state index contributed by atoms with van der Waals surface area (Å²) in [6.07, 6.45) is 4.37. The minimum atomic E-state index is -0.0169. The van der Waals surface area contributed by atoms with Crippen LogP contribution >= 0.6 is 0 Å². The fourth-order valence-corrected chi connectivity index (χ4v) is 3.31. The van der Waals surface area contributed by atoms with Gasteiger partial charge in [0.25, 0.3) is 5.91 Å². The molecule has 0 N–H and O–H groups in total. The number of aryl methyl sites for hydroxylation is 1. The Hall–Kier alpha value is -3.16. The number of nitrogens with zero attached hydrogens (tertiary/aromatic N) is 6. The van der Waals surface area contributed by atoms with Gasteiger partial charge >= 0.3 is 0 Å². The molecule has 0 spiro atoms. The Morgan fingerprint density at radius 1 is 1.31 bits per heavy atom. The first-order valence-electron chi connectivity index (χ1n) is 8.49. The zero-order valence-electron chi connectivity index (χ0n) is 14.7. The third-order valence-electron chi connectivity index (χ3n) is 4.73. The van der Waals surface area contributed by atoms with Crippen LogP contribution in [-0.4, -0.2) is 55.8 Å². The number of amides is 1. The van der Waals surface area contributed by atoms with E-state index in [-0.39, 0.29) is 11.9 Å². The Labute approximate surface area is 151 Å². The third kappa shape index (κ3) is 2.94. The number of carbonyl (C=O) groups is 1. The van der Waals surface area contributed by atoms with E-state index in [1.54, 1.807) is 25.0 Å². The monoisotopic (exact) mass is 352 g/mol. The lowest BCUT2D eigenvalue weighted by Gasteiger charge is -2.16. The van der Waals surface area contributed by atoms with Gasteiger partial charge in [0.15, 0.2) is 0 Å². The molecule has 8 nitrogen and oxygen atoms in total. The molecule has 134 valence electrons. The van der Waals surface area contributed by atoms with Gasteiger partial charge in [-0.1, -0.05) is 17.3 Å².